The summed E-state index contributed by atoms with van der Waals surface area (Å²) in [4.78, 5) is 12.6. The van der Waals surface area contributed by atoms with E-state index >= 15 is 0 Å². The van der Waals surface area contributed by atoms with Gasteiger partial charge >= 0.3 is 0 Å². The first-order valence-corrected chi connectivity index (χ1v) is 12.8. The van der Waals surface area contributed by atoms with Crippen LogP contribution in [0.2, 0.25) is 0 Å². The number of nitrogens with zero attached hydrogens (tertiary/aromatic N) is 3. The molecule has 5 rings (SSSR count). The van der Waals surface area contributed by atoms with E-state index < -0.39 is 5.82 Å². The van der Waals surface area contributed by atoms with Crippen LogP contribution < -0.4 is 19.7 Å². The molecule has 1 fully saturated rings. The lowest BCUT2D eigenvalue weighted by Crippen LogP contribution is -2.43. The van der Waals surface area contributed by atoms with Crippen molar-refractivity contribution in [1.82, 2.24) is 15.3 Å². The van der Waals surface area contributed by atoms with E-state index in [0.29, 0.717) is 18.4 Å². The second-order valence-corrected chi connectivity index (χ2v) is 9.46. The highest BCUT2D eigenvalue weighted by atomic mass is 32.1. The predicted molar refractivity (Wildman–Crippen MR) is 139 cm³/mol. The van der Waals surface area contributed by atoms with Crippen LogP contribution >= 0.6 is 11.3 Å². The molecule has 4 aromatic rings. The van der Waals surface area contributed by atoms with E-state index in [1.165, 1.54) is 24.3 Å². The van der Waals surface area contributed by atoms with Gasteiger partial charge < -0.3 is 19.7 Å². The molecule has 2 aromatic carbocycles. The van der Waals surface area contributed by atoms with E-state index in [-0.39, 0.29) is 5.75 Å². The highest BCUT2D eigenvalue weighted by molar-refractivity contribution is 7.17. The van der Waals surface area contributed by atoms with Gasteiger partial charge in [-0.1, -0.05) is 30.3 Å². The molecule has 6 nitrogen and oxygen atoms in total. The van der Waals surface area contributed by atoms with Crippen LogP contribution in [0.25, 0.3) is 21.3 Å². The summed E-state index contributed by atoms with van der Waals surface area (Å²) in [5.74, 6) is 1.38. The Kier molecular flexibility index (Phi) is 7.39. The number of aromatic nitrogens is 2. The summed E-state index contributed by atoms with van der Waals surface area (Å²) in [7, 11) is 1.52. The third-order valence-electron chi connectivity index (χ3n) is 6.38. The Bertz CT molecular complexity index is 1260. The molecule has 0 spiro atoms. The summed E-state index contributed by atoms with van der Waals surface area (Å²) in [5.41, 5.74) is 2.40. The fourth-order valence-corrected chi connectivity index (χ4v) is 5.42. The van der Waals surface area contributed by atoms with E-state index in [4.69, 9.17) is 14.5 Å². The number of fused-ring (bicyclic) bond motifs is 1. The van der Waals surface area contributed by atoms with Crippen molar-refractivity contribution < 1.29 is 13.9 Å². The number of rotatable bonds is 9. The first-order chi connectivity index (χ1) is 17.2. The van der Waals surface area contributed by atoms with Crippen molar-refractivity contribution in [3.05, 3.63) is 66.1 Å². The topological polar surface area (TPSA) is 59.5 Å². The van der Waals surface area contributed by atoms with E-state index in [1.54, 1.807) is 29.8 Å². The monoisotopic (exact) mass is 492 g/mol. The van der Waals surface area contributed by atoms with Crippen LogP contribution in [-0.2, 0) is 0 Å². The minimum Gasteiger partial charge on any atom is -0.497 e. The van der Waals surface area contributed by atoms with Gasteiger partial charge in [-0.2, -0.15) is 0 Å². The molecule has 35 heavy (non-hydrogen) atoms. The molecule has 1 saturated heterocycles. The van der Waals surface area contributed by atoms with Crippen LogP contribution in [0, 0.1) is 5.82 Å². The molecule has 1 N–H and O–H groups in total. The normalized spacial score (nSPS) is 14.4. The standard InChI is InChI=1S/C27H29FN4O2S/c1-33-21-8-9-24(23(28)16-21)34-15-5-12-29-20-10-13-32(14-11-20)26-25-22(19-6-3-2-4-7-19)17-35-27(25)31-18-30-26/h2-4,6-9,16-18,20,29H,5,10-15H2,1H3. The lowest BCUT2D eigenvalue weighted by atomic mass is 10.0. The molecule has 0 bridgehead atoms. The lowest BCUT2D eigenvalue weighted by molar-refractivity contribution is 0.286. The molecule has 182 valence electrons. The van der Waals surface area contributed by atoms with Gasteiger partial charge in [-0.25, -0.2) is 14.4 Å². The van der Waals surface area contributed by atoms with Gasteiger partial charge in [0, 0.05) is 36.1 Å². The SMILES string of the molecule is COc1ccc(OCCCNC2CCN(c3ncnc4scc(-c5ccccc5)c34)CC2)c(F)c1. The molecule has 2 aromatic heterocycles. The zero-order valence-electron chi connectivity index (χ0n) is 19.7. The summed E-state index contributed by atoms with van der Waals surface area (Å²) in [6.07, 6.45) is 4.58. The fraction of sp³-hybridized carbons (Fsp3) is 0.333. The van der Waals surface area contributed by atoms with Crippen LogP contribution in [0.4, 0.5) is 10.2 Å². The first kappa shape index (κ1) is 23.5. The van der Waals surface area contributed by atoms with E-state index in [0.717, 1.165) is 54.9 Å². The summed E-state index contributed by atoms with van der Waals surface area (Å²) in [6, 6.07) is 15.6. The van der Waals surface area contributed by atoms with Crippen LogP contribution in [-0.4, -0.2) is 49.4 Å². The zero-order valence-corrected chi connectivity index (χ0v) is 20.6. The number of nitrogens with one attached hydrogen (secondary N) is 1. The predicted octanol–water partition coefficient (Wildman–Crippen LogP) is 5.53. The number of thiophene rings is 1. The number of anilines is 1. The number of methoxy groups -OCH3 is 1. The molecule has 1 aliphatic heterocycles. The third kappa shape index (κ3) is 5.39. The highest BCUT2D eigenvalue weighted by Gasteiger charge is 2.23. The number of halogens is 1. The van der Waals surface area contributed by atoms with Crippen LogP contribution in [0.1, 0.15) is 19.3 Å². The van der Waals surface area contributed by atoms with E-state index in [9.17, 15) is 4.39 Å². The van der Waals surface area contributed by atoms with Crippen molar-refractivity contribution in [2.24, 2.45) is 0 Å². The van der Waals surface area contributed by atoms with Crippen molar-refractivity contribution in [1.29, 1.82) is 0 Å². The molecular formula is C27H29FN4O2S. The summed E-state index contributed by atoms with van der Waals surface area (Å²) in [6.45, 7) is 3.19. The highest BCUT2D eigenvalue weighted by Crippen LogP contribution is 2.38. The maximum Gasteiger partial charge on any atom is 0.168 e. The second-order valence-electron chi connectivity index (χ2n) is 8.61. The van der Waals surface area contributed by atoms with Gasteiger partial charge in [0.1, 0.15) is 22.7 Å². The van der Waals surface area contributed by atoms with Crippen molar-refractivity contribution in [2.75, 3.05) is 38.3 Å². The zero-order chi connectivity index (χ0) is 24.0. The Labute approximate surface area is 208 Å². The molecule has 8 heteroatoms. The number of ether oxygens (including phenoxy) is 2. The van der Waals surface area contributed by atoms with Gasteiger partial charge in [0.05, 0.1) is 19.1 Å². The van der Waals surface area contributed by atoms with Gasteiger partial charge in [-0.05, 0) is 43.5 Å². The second kappa shape index (κ2) is 11.0. The third-order valence-corrected chi connectivity index (χ3v) is 7.27. The molecule has 0 atom stereocenters. The van der Waals surface area contributed by atoms with Crippen LogP contribution in [0.15, 0.2) is 60.2 Å². The number of piperidine rings is 1. The van der Waals surface area contributed by atoms with Gasteiger partial charge in [0.2, 0.25) is 0 Å². The van der Waals surface area contributed by atoms with E-state index in [1.807, 2.05) is 6.07 Å². The molecule has 0 saturated carbocycles. The summed E-state index contributed by atoms with van der Waals surface area (Å²) in [5, 5.41) is 6.97. The summed E-state index contributed by atoms with van der Waals surface area (Å²) < 4.78 is 24.6. The van der Waals surface area contributed by atoms with Crippen molar-refractivity contribution >= 4 is 27.4 Å². The average Bonchev–Trinajstić information content (AvgIpc) is 3.35. The maximum absolute atomic E-state index is 14.0. The lowest BCUT2D eigenvalue weighted by Gasteiger charge is -2.33. The fourth-order valence-electron chi connectivity index (χ4n) is 4.51. The number of benzene rings is 2. The van der Waals surface area contributed by atoms with Crippen molar-refractivity contribution in [2.45, 2.75) is 25.3 Å². The Balaban J connectivity index is 1.13. The Morgan fingerprint density at radius 2 is 1.94 bits per heavy atom. The molecule has 1 aliphatic rings. The minimum atomic E-state index is -0.399. The van der Waals surface area contributed by atoms with Crippen molar-refractivity contribution in [3.8, 4) is 22.6 Å². The van der Waals surface area contributed by atoms with E-state index in [2.05, 4.69) is 44.8 Å². The maximum atomic E-state index is 14.0. The van der Waals surface area contributed by atoms with Crippen LogP contribution in [0.5, 0.6) is 11.5 Å². The largest absolute Gasteiger partial charge is 0.497 e. The average molecular weight is 493 g/mol. The smallest absolute Gasteiger partial charge is 0.168 e. The van der Waals surface area contributed by atoms with Gasteiger partial charge in [-0.15, -0.1) is 11.3 Å². The van der Waals surface area contributed by atoms with Gasteiger partial charge in [-0.3, -0.25) is 0 Å². The molecule has 0 amide bonds. The molecule has 3 heterocycles. The molecular weight excluding hydrogens is 463 g/mol. The molecule has 0 aliphatic carbocycles. The Morgan fingerprint density at radius 3 is 2.71 bits per heavy atom. The van der Waals surface area contributed by atoms with Crippen LogP contribution in [0.3, 0.4) is 0 Å². The molecule has 0 radical (unpaired) electrons. The number of hydrogen-bond acceptors (Lipinski definition) is 7. The molecule has 0 unspecified atom stereocenters. The Morgan fingerprint density at radius 1 is 1.11 bits per heavy atom. The Hall–Kier alpha value is -3.23. The first-order valence-electron chi connectivity index (χ1n) is 11.9. The van der Waals surface area contributed by atoms with Crippen molar-refractivity contribution in [3.63, 3.8) is 0 Å². The number of hydrogen-bond donors (Lipinski definition) is 1. The quantitative estimate of drug-likeness (QED) is 0.310. The van der Waals surface area contributed by atoms with Gasteiger partial charge in [0.15, 0.2) is 11.6 Å². The minimum absolute atomic E-state index is 0.263. The summed E-state index contributed by atoms with van der Waals surface area (Å²) >= 11 is 1.67. The van der Waals surface area contributed by atoms with Gasteiger partial charge in [0.25, 0.3) is 0 Å².